The van der Waals surface area contributed by atoms with E-state index in [0.717, 1.165) is 12.8 Å². The Balaban J connectivity index is 1.92. The molecule has 0 aliphatic carbocycles. The first-order valence-electron chi connectivity index (χ1n) is 9.52. The lowest BCUT2D eigenvalue weighted by molar-refractivity contribution is -0.123. The van der Waals surface area contributed by atoms with Crippen LogP contribution in [0.25, 0.3) is 0 Å². The molecule has 1 amide bonds. The highest BCUT2D eigenvalue weighted by Gasteiger charge is 2.23. The summed E-state index contributed by atoms with van der Waals surface area (Å²) in [6.45, 7) is 5.63. The number of aryl methyl sites for hydroxylation is 1. The topological polar surface area (TPSA) is 84.5 Å². The van der Waals surface area contributed by atoms with Gasteiger partial charge in [0.2, 0.25) is 15.9 Å². The summed E-state index contributed by atoms with van der Waals surface area (Å²) >= 11 is 6.07. The van der Waals surface area contributed by atoms with Gasteiger partial charge in [0.05, 0.1) is 22.6 Å². The Kier molecular flexibility index (Phi) is 8.49. The van der Waals surface area contributed by atoms with Gasteiger partial charge < -0.3 is 10.1 Å². The van der Waals surface area contributed by atoms with Crippen molar-refractivity contribution in [3.63, 3.8) is 0 Å². The van der Waals surface area contributed by atoms with E-state index in [1.54, 1.807) is 0 Å². The molecular formula is C21H27ClN2O4S. The SMILES string of the molecule is CCOc1ccc(S(=O)(=O)N[C@H](C)C(=O)N[C@H](C)CCc2ccccc2)cc1Cl. The molecule has 2 N–H and O–H groups in total. The van der Waals surface area contributed by atoms with Gasteiger partial charge in [0.15, 0.2) is 0 Å². The Morgan fingerprint density at radius 1 is 1.14 bits per heavy atom. The fourth-order valence-corrected chi connectivity index (χ4v) is 4.27. The molecule has 8 heteroatoms. The summed E-state index contributed by atoms with van der Waals surface area (Å²) in [6.07, 6.45) is 1.58. The number of hydrogen-bond acceptors (Lipinski definition) is 4. The fraction of sp³-hybridized carbons (Fsp3) is 0.381. The lowest BCUT2D eigenvalue weighted by Gasteiger charge is -2.19. The van der Waals surface area contributed by atoms with E-state index in [-0.39, 0.29) is 21.9 Å². The van der Waals surface area contributed by atoms with E-state index >= 15 is 0 Å². The van der Waals surface area contributed by atoms with Crippen LogP contribution in [0.2, 0.25) is 5.02 Å². The van der Waals surface area contributed by atoms with E-state index in [2.05, 4.69) is 10.0 Å². The van der Waals surface area contributed by atoms with Crippen LogP contribution in [0.3, 0.4) is 0 Å². The van der Waals surface area contributed by atoms with Gasteiger partial charge in [-0.2, -0.15) is 4.72 Å². The summed E-state index contributed by atoms with van der Waals surface area (Å²) in [5, 5.41) is 3.04. The molecule has 2 atom stereocenters. The van der Waals surface area contributed by atoms with Gasteiger partial charge in [-0.15, -0.1) is 0 Å². The zero-order chi connectivity index (χ0) is 21.4. The van der Waals surface area contributed by atoms with Gasteiger partial charge in [0.1, 0.15) is 5.75 Å². The van der Waals surface area contributed by atoms with Crippen LogP contribution in [-0.2, 0) is 21.2 Å². The summed E-state index contributed by atoms with van der Waals surface area (Å²) in [6, 6.07) is 13.2. The Morgan fingerprint density at radius 2 is 1.83 bits per heavy atom. The quantitative estimate of drug-likeness (QED) is 0.594. The average molecular weight is 439 g/mol. The van der Waals surface area contributed by atoms with Crippen LogP contribution in [0, 0.1) is 0 Å². The monoisotopic (exact) mass is 438 g/mol. The number of hydrogen-bond donors (Lipinski definition) is 2. The van der Waals surface area contributed by atoms with E-state index < -0.39 is 16.1 Å². The number of halogens is 1. The van der Waals surface area contributed by atoms with E-state index in [4.69, 9.17) is 16.3 Å². The predicted molar refractivity (Wildman–Crippen MR) is 115 cm³/mol. The van der Waals surface area contributed by atoms with Gasteiger partial charge in [-0.3, -0.25) is 4.79 Å². The molecule has 2 aromatic rings. The van der Waals surface area contributed by atoms with Crippen molar-refractivity contribution in [2.75, 3.05) is 6.61 Å². The maximum absolute atomic E-state index is 12.6. The van der Waals surface area contributed by atoms with Crippen molar-refractivity contribution >= 4 is 27.5 Å². The number of nitrogens with one attached hydrogen (secondary N) is 2. The second-order valence-electron chi connectivity index (χ2n) is 6.80. The van der Waals surface area contributed by atoms with Crippen molar-refractivity contribution in [2.45, 2.75) is 50.6 Å². The molecular weight excluding hydrogens is 412 g/mol. The minimum atomic E-state index is -3.90. The predicted octanol–water partition coefficient (Wildman–Crippen LogP) is 3.54. The second-order valence-corrected chi connectivity index (χ2v) is 8.92. The van der Waals surface area contributed by atoms with Crippen LogP contribution in [0.4, 0.5) is 0 Å². The molecule has 2 rings (SSSR count). The summed E-state index contributed by atoms with van der Waals surface area (Å²) in [5.41, 5.74) is 1.19. The van der Waals surface area contributed by atoms with Gasteiger partial charge in [-0.25, -0.2) is 8.42 Å². The summed E-state index contributed by atoms with van der Waals surface area (Å²) < 4.78 is 32.9. The van der Waals surface area contributed by atoms with E-state index in [9.17, 15) is 13.2 Å². The summed E-state index contributed by atoms with van der Waals surface area (Å²) in [7, 11) is -3.90. The van der Waals surface area contributed by atoms with Crippen LogP contribution in [-0.4, -0.2) is 33.0 Å². The molecule has 0 unspecified atom stereocenters. The number of rotatable bonds is 10. The highest BCUT2D eigenvalue weighted by molar-refractivity contribution is 7.89. The van der Waals surface area contributed by atoms with Gasteiger partial charge in [-0.1, -0.05) is 41.9 Å². The number of carbonyl (C=O) groups is 1. The third kappa shape index (κ3) is 7.03. The number of amides is 1. The minimum Gasteiger partial charge on any atom is -0.492 e. The van der Waals surface area contributed by atoms with Crippen LogP contribution >= 0.6 is 11.6 Å². The van der Waals surface area contributed by atoms with Crippen molar-refractivity contribution in [3.8, 4) is 5.75 Å². The molecule has 0 fully saturated rings. The Hall–Kier alpha value is -2.09. The smallest absolute Gasteiger partial charge is 0.241 e. The summed E-state index contributed by atoms with van der Waals surface area (Å²) in [4.78, 5) is 12.4. The largest absolute Gasteiger partial charge is 0.492 e. The Morgan fingerprint density at radius 3 is 2.45 bits per heavy atom. The normalized spacial score (nSPS) is 13.5. The van der Waals surface area contributed by atoms with E-state index in [1.165, 1.54) is 30.7 Å². The maximum atomic E-state index is 12.6. The molecule has 0 aromatic heterocycles. The first kappa shape index (κ1) is 23.2. The van der Waals surface area contributed by atoms with E-state index in [0.29, 0.717) is 12.4 Å². The second kappa shape index (κ2) is 10.6. The molecule has 158 valence electrons. The number of benzene rings is 2. The van der Waals surface area contributed by atoms with Crippen molar-refractivity contribution < 1.29 is 17.9 Å². The van der Waals surface area contributed by atoms with Crippen molar-refractivity contribution in [3.05, 3.63) is 59.1 Å². The first-order chi connectivity index (χ1) is 13.7. The van der Waals surface area contributed by atoms with Crippen molar-refractivity contribution in [1.82, 2.24) is 10.0 Å². The molecule has 0 bridgehead atoms. The highest BCUT2D eigenvalue weighted by Crippen LogP contribution is 2.27. The molecule has 0 radical (unpaired) electrons. The molecule has 0 spiro atoms. The highest BCUT2D eigenvalue weighted by atomic mass is 35.5. The van der Waals surface area contributed by atoms with Gasteiger partial charge >= 0.3 is 0 Å². The molecule has 2 aromatic carbocycles. The molecule has 0 saturated heterocycles. The third-order valence-electron chi connectivity index (χ3n) is 4.34. The molecule has 0 saturated carbocycles. The standard InChI is InChI=1S/C21H27ClN2O4S/c1-4-28-20-13-12-18(14-19(20)22)29(26,27)24-16(3)21(25)23-15(2)10-11-17-8-6-5-7-9-17/h5-9,12-16,24H,4,10-11H2,1-3H3,(H,23,25)/t15-,16-/m1/s1. The molecule has 0 heterocycles. The minimum absolute atomic E-state index is 0.0253. The zero-order valence-corrected chi connectivity index (χ0v) is 18.4. The van der Waals surface area contributed by atoms with Crippen LogP contribution in [0.5, 0.6) is 5.75 Å². The Bertz CT molecular complexity index is 920. The van der Waals surface area contributed by atoms with Gasteiger partial charge in [0, 0.05) is 6.04 Å². The van der Waals surface area contributed by atoms with Gasteiger partial charge in [0.25, 0.3) is 0 Å². The molecule has 6 nitrogen and oxygen atoms in total. The molecule has 29 heavy (non-hydrogen) atoms. The first-order valence-corrected chi connectivity index (χ1v) is 11.4. The molecule has 0 aliphatic heterocycles. The summed E-state index contributed by atoms with van der Waals surface area (Å²) in [5.74, 6) is 0.0253. The number of sulfonamides is 1. The van der Waals surface area contributed by atoms with Crippen molar-refractivity contribution in [2.24, 2.45) is 0 Å². The van der Waals surface area contributed by atoms with Gasteiger partial charge in [-0.05, 0) is 57.4 Å². The van der Waals surface area contributed by atoms with Crippen LogP contribution < -0.4 is 14.8 Å². The lowest BCUT2D eigenvalue weighted by atomic mass is 10.1. The average Bonchev–Trinajstić information content (AvgIpc) is 2.68. The maximum Gasteiger partial charge on any atom is 0.241 e. The lowest BCUT2D eigenvalue weighted by Crippen LogP contribution is -2.47. The zero-order valence-electron chi connectivity index (χ0n) is 16.8. The molecule has 0 aliphatic rings. The number of ether oxygens (including phenoxy) is 1. The van der Waals surface area contributed by atoms with Crippen molar-refractivity contribution in [1.29, 1.82) is 0 Å². The van der Waals surface area contributed by atoms with Crippen LogP contribution in [0.15, 0.2) is 53.4 Å². The fourth-order valence-electron chi connectivity index (χ4n) is 2.74. The third-order valence-corrected chi connectivity index (χ3v) is 6.17. The van der Waals surface area contributed by atoms with E-state index in [1.807, 2.05) is 44.2 Å². The number of carbonyl (C=O) groups excluding carboxylic acids is 1. The van der Waals surface area contributed by atoms with Crippen LogP contribution in [0.1, 0.15) is 32.8 Å². The Labute approximate surface area is 177 Å².